The van der Waals surface area contributed by atoms with Gasteiger partial charge in [-0.25, -0.2) is 0 Å². The Hall–Kier alpha value is -4.27. The molecule has 1 aliphatic rings. The Morgan fingerprint density at radius 1 is 1.02 bits per heavy atom. The fraction of sp³-hybridized carbons (Fsp3) is 0.0909. The van der Waals surface area contributed by atoms with Gasteiger partial charge in [0.05, 0.1) is 11.8 Å². The number of allylic oxidation sites excluding steroid dienone is 4. The van der Waals surface area contributed by atoms with Gasteiger partial charge in [-0.3, -0.25) is 19.3 Å². The van der Waals surface area contributed by atoms with E-state index in [4.69, 9.17) is 0 Å². The zero-order valence-corrected chi connectivity index (χ0v) is 24.8. The number of benzene rings is 3. The summed E-state index contributed by atoms with van der Waals surface area (Å²) in [7, 11) is 0. The van der Waals surface area contributed by atoms with Crippen molar-refractivity contribution in [2.45, 2.75) is 13.0 Å². The van der Waals surface area contributed by atoms with Gasteiger partial charge in [0, 0.05) is 10.2 Å². The maximum atomic E-state index is 13.7. The zero-order valence-electron chi connectivity index (χ0n) is 22.4. The highest BCUT2D eigenvalue weighted by atomic mass is 79.9. The first-order valence-electron chi connectivity index (χ1n) is 12.8. The molecule has 0 unspecified atom stereocenters. The number of nitrogens with one attached hydrogen (secondary N) is 1. The number of hydrogen-bond donors (Lipinski definition) is 1. The molecule has 8 heteroatoms. The molecule has 41 heavy (non-hydrogen) atoms. The molecule has 1 N–H and O–H groups in total. The van der Waals surface area contributed by atoms with E-state index in [9.17, 15) is 14.4 Å². The van der Waals surface area contributed by atoms with Crippen LogP contribution in [0, 0.1) is 0 Å². The lowest BCUT2D eigenvalue weighted by molar-refractivity contribution is -0.126. The molecule has 0 radical (unpaired) electrons. The first-order valence-corrected chi connectivity index (χ1v) is 14.6. The molecule has 0 fully saturated rings. The highest BCUT2D eigenvalue weighted by Crippen LogP contribution is 2.27. The van der Waals surface area contributed by atoms with Gasteiger partial charge < -0.3 is 5.32 Å². The molecule has 0 saturated carbocycles. The summed E-state index contributed by atoms with van der Waals surface area (Å²) in [5.41, 5.74) is 2.98. The van der Waals surface area contributed by atoms with Crippen LogP contribution in [0.3, 0.4) is 0 Å². The molecule has 1 heterocycles. The van der Waals surface area contributed by atoms with Gasteiger partial charge in [-0.15, -0.1) is 0 Å². The van der Waals surface area contributed by atoms with Gasteiger partial charge in [-0.2, -0.15) is 4.99 Å². The third-order valence-corrected chi connectivity index (χ3v) is 7.50. The summed E-state index contributed by atoms with van der Waals surface area (Å²) < 4.78 is 0.817. The molecule has 1 aliphatic heterocycles. The number of amides is 3. The molecular weight excluding hydrogens is 598 g/mol. The Labute approximate surface area is 252 Å². The number of aliphatic imine (C=N–C) groups is 1. The summed E-state index contributed by atoms with van der Waals surface area (Å²) in [6, 6.07) is 26.3. The van der Waals surface area contributed by atoms with Crippen LogP contribution in [0.1, 0.15) is 29.7 Å². The lowest BCUT2D eigenvalue weighted by Gasteiger charge is -2.28. The Bertz CT molecular complexity index is 1520. The molecule has 3 aromatic rings. The molecule has 3 amide bonds. The average Bonchev–Trinajstić information content (AvgIpc) is 2.99. The van der Waals surface area contributed by atoms with E-state index in [0.717, 1.165) is 27.4 Å². The normalized spacial score (nSPS) is 15.0. The van der Waals surface area contributed by atoms with E-state index >= 15 is 0 Å². The second-order valence-corrected chi connectivity index (χ2v) is 10.7. The number of carbonyl (C=O) groups excluding carboxylic acids is 3. The van der Waals surface area contributed by atoms with Crippen molar-refractivity contribution in [3.8, 4) is 0 Å². The molecule has 3 aromatic carbocycles. The zero-order chi connectivity index (χ0) is 29.2. The number of thioether (sulfide) groups is 1. The van der Waals surface area contributed by atoms with Crippen LogP contribution in [-0.4, -0.2) is 33.5 Å². The topological polar surface area (TPSA) is 78.8 Å². The molecule has 0 atom stereocenters. The van der Waals surface area contributed by atoms with Gasteiger partial charge in [0.15, 0.2) is 5.17 Å². The van der Waals surface area contributed by atoms with Crippen LogP contribution in [0.25, 0.3) is 6.08 Å². The minimum Gasteiger partial charge on any atom is -0.344 e. The second kappa shape index (κ2) is 14.4. The maximum absolute atomic E-state index is 13.7. The number of amidine groups is 1. The summed E-state index contributed by atoms with van der Waals surface area (Å²) in [4.78, 5) is 45.6. The number of halogens is 1. The van der Waals surface area contributed by atoms with Crippen LogP contribution in [0.15, 0.2) is 137 Å². The lowest BCUT2D eigenvalue weighted by atomic mass is 9.99. The van der Waals surface area contributed by atoms with Crippen LogP contribution in [-0.2, 0) is 14.4 Å². The van der Waals surface area contributed by atoms with Crippen LogP contribution in [0.4, 0.5) is 0 Å². The Morgan fingerprint density at radius 3 is 2.27 bits per heavy atom. The monoisotopic (exact) mass is 625 g/mol. The highest BCUT2D eigenvalue weighted by Gasteiger charge is 2.35. The summed E-state index contributed by atoms with van der Waals surface area (Å²) in [6.07, 6.45) is 8.24. The maximum Gasteiger partial charge on any atom is 0.285 e. The van der Waals surface area contributed by atoms with E-state index in [0.29, 0.717) is 11.3 Å². The number of carbonyl (C=O) groups is 3. The van der Waals surface area contributed by atoms with Crippen LogP contribution < -0.4 is 5.32 Å². The smallest absolute Gasteiger partial charge is 0.285 e. The first-order chi connectivity index (χ1) is 19.9. The summed E-state index contributed by atoms with van der Waals surface area (Å²) in [5, 5.41) is 3.21. The van der Waals surface area contributed by atoms with Gasteiger partial charge in [0.25, 0.3) is 11.8 Å². The fourth-order valence-corrected chi connectivity index (χ4v) is 5.38. The molecule has 0 spiro atoms. The first kappa shape index (κ1) is 29.7. The fourth-order valence-electron chi connectivity index (χ4n) is 4.16. The van der Waals surface area contributed by atoms with Crippen molar-refractivity contribution in [3.05, 3.63) is 148 Å². The summed E-state index contributed by atoms with van der Waals surface area (Å²) in [5.74, 6) is -1.52. The van der Waals surface area contributed by atoms with E-state index in [-0.39, 0.29) is 28.4 Å². The standard InChI is InChI=1S/C33H28BrN3O3S/c1-3-5-19-27(4-2)37-32(40)28(21-23-13-12-18-26(34)20-23)31(39)36-33(37)41-22-29(38)35-30(24-14-8-6-9-15-24)25-16-10-7-11-17-25/h3-21,30H,1,22H2,2H3,(H,35,38)/b19-5-,27-4+,28-21+. The molecule has 0 saturated heterocycles. The largest absolute Gasteiger partial charge is 0.344 e. The van der Waals surface area contributed by atoms with Gasteiger partial charge in [-0.1, -0.05) is 125 Å². The Morgan fingerprint density at radius 2 is 1.68 bits per heavy atom. The molecule has 0 aliphatic carbocycles. The quantitative estimate of drug-likeness (QED) is 0.160. The molecule has 6 nitrogen and oxygen atoms in total. The second-order valence-electron chi connectivity index (χ2n) is 8.87. The number of nitrogens with zero attached hydrogens (tertiary/aromatic N) is 2. The highest BCUT2D eigenvalue weighted by molar-refractivity contribution is 9.10. The third kappa shape index (κ3) is 7.68. The van der Waals surface area contributed by atoms with Crippen LogP contribution in [0.5, 0.6) is 0 Å². The van der Waals surface area contributed by atoms with Gasteiger partial charge in [0.2, 0.25) is 5.91 Å². The van der Waals surface area contributed by atoms with Crippen molar-refractivity contribution in [1.82, 2.24) is 10.2 Å². The van der Waals surface area contributed by atoms with E-state index in [1.807, 2.05) is 72.8 Å². The van der Waals surface area contributed by atoms with Crippen molar-refractivity contribution in [1.29, 1.82) is 0 Å². The SMILES string of the molecule is C=C/C=C\C(=C/C)N1C(=O)/C(=C/c2cccc(Br)c2)C(=O)N=C1SCC(=O)NC(c1ccccc1)c1ccccc1. The lowest BCUT2D eigenvalue weighted by Crippen LogP contribution is -2.42. The Kier molecular flexibility index (Phi) is 10.4. The van der Waals surface area contributed by atoms with Crippen molar-refractivity contribution in [2.24, 2.45) is 4.99 Å². The molecule has 4 rings (SSSR count). The minimum atomic E-state index is -0.663. The predicted molar refractivity (Wildman–Crippen MR) is 170 cm³/mol. The van der Waals surface area contributed by atoms with Gasteiger partial charge in [0.1, 0.15) is 5.57 Å². The Balaban J connectivity index is 1.61. The van der Waals surface area contributed by atoms with Crippen LogP contribution in [0.2, 0.25) is 0 Å². The van der Waals surface area contributed by atoms with Crippen LogP contribution >= 0.6 is 27.7 Å². The van der Waals surface area contributed by atoms with E-state index in [2.05, 4.69) is 32.8 Å². The predicted octanol–water partition coefficient (Wildman–Crippen LogP) is 6.84. The van der Waals surface area contributed by atoms with Gasteiger partial charge in [-0.05, 0) is 47.9 Å². The van der Waals surface area contributed by atoms with E-state index in [1.165, 1.54) is 11.0 Å². The van der Waals surface area contributed by atoms with E-state index in [1.54, 1.807) is 43.4 Å². The average molecular weight is 627 g/mol. The summed E-state index contributed by atoms with van der Waals surface area (Å²) in [6.45, 7) is 5.48. The molecule has 0 aromatic heterocycles. The van der Waals surface area contributed by atoms with Crippen molar-refractivity contribution in [3.63, 3.8) is 0 Å². The number of rotatable bonds is 9. The van der Waals surface area contributed by atoms with Gasteiger partial charge >= 0.3 is 0 Å². The van der Waals surface area contributed by atoms with Crippen molar-refractivity contribution >= 4 is 56.7 Å². The minimum absolute atomic E-state index is 0.0566. The van der Waals surface area contributed by atoms with Crippen molar-refractivity contribution in [2.75, 3.05) is 5.75 Å². The molecule has 0 bridgehead atoms. The third-order valence-electron chi connectivity index (χ3n) is 6.07. The molecule has 206 valence electrons. The van der Waals surface area contributed by atoms with E-state index < -0.39 is 11.8 Å². The number of hydrogen-bond acceptors (Lipinski definition) is 4. The molecular formula is C33H28BrN3O3S. The van der Waals surface area contributed by atoms with Crippen molar-refractivity contribution < 1.29 is 14.4 Å². The summed E-state index contributed by atoms with van der Waals surface area (Å²) >= 11 is 4.44.